The molecule has 2 aromatic heterocycles. The number of benzene rings is 8. The van der Waals surface area contributed by atoms with Crippen molar-refractivity contribution in [1.29, 1.82) is 0 Å². The number of fused-ring (bicyclic) bond motifs is 12. The lowest BCUT2D eigenvalue weighted by atomic mass is 9.35. The summed E-state index contributed by atoms with van der Waals surface area (Å²) in [6, 6.07) is 59.8. The largest absolute Gasteiger partial charge is 0.468 e. The van der Waals surface area contributed by atoms with Crippen molar-refractivity contribution in [3.63, 3.8) is 0 Å². The lowest BCUT2D eigenvalue weighted by Gasteiger charge is -2.46. The van der Waals surface area contributed by atoms with Gasteiger partial charge >= 0.3 is 0 Å². The molecule has 4 heterocycles. The molecule has 0 fully saturated rings. The number of nitrogens with zero attached hydrogens (tertiary/aromatic N) is 3. The first-order valence-corrected chi connectivity index (χ1v) is 32.1. The fraction of sp³-hybridized carbons (Fsp3) is 0.359. The maximum absolute atomic E-state index is 7.87. The Labute approximate surface area is 504 Å². The van der Waals surface area contributed by atoms with Crippen LogP contribution in [0.25, 0.3) is 31.1 Å². The van der Waals surface area contributed by atoms with E-state index in [0.29, 0.717) is 0 Å². The molecule has 424 valence electrons. The summed E-state index contributed by atoms with van der Waals surface area (Å²) < 4.78 is 10.5. The first-order valence-electron chi connectivity index (χ1n) is 31.3. The highest BCUT2D eigenvalue weighted by Gasteiger charge is 2.50. The molecule has 0 radical (unpaired) electrons. The van der Waals surface area contributed by atoms with E-state index in [4.69, 9.17) is 4.42 Å². The number of furan rings is 1. The van der Waals surface area contributed by atoms with Crippen LogP contribution in [0.4, 0.5) is 51.2 Å². The summed E-state index contributed by atoms with van der Waals surface area (Å²) in [6.07, 6.45) is 6.87. The third kappa shape index (κ3) is 7.97. The van der Waals surface area contributed by atoms with Gasteiger partial charge in [-0.25, -0.2) is 0 Å². The van der Waals surface area contributed by atoms with Gasteiger partial charge in [0.25, 0.3) is 6.71 Å². The number of hydrogen-bond donors (Lipinski definition) is 0. The van der Waals surface area contributed by atoms with Crippen LogP contribution < -0.4 is 31.3 Å². The molecule has 0 spiro atoms. The van der Waals surface area contributed by atoms with Crippen LogP contribution in [0.15, 0.2) is 156 Å². The van der Waals surface area contributed by atoms with E-state index < -0.39 is 0 Å². The van der Waals surface area contributed by atoms with Gasteiger partial charge in [-0.2, -0.15) is 0 Å². The van der Waals surface area contributed by atoms with Gasteiger partial charge < -0.3 is 19.1 Å². The van der Waals surface area contributed by atoms with E-state index in [1.807, 2.05) is 11.3 Å². The Hall–Kier alpha value is -7.02. The number of rotatable bonds is 5. The van der Waals surface area contributed by atoms with Crippen LogP contribution in [0.3, 0.4) is 0 Å². The van der Waals surface area contributed by atoms with E-state index in [0.717, 1.165) is 66.1 Å². The van der Waals surface area contributed by atoms with Gasteiger partial charge in [-0.3, -0.25) is 0 Å². The van der Waals surface area contributed by atoms with Gasteiger partial charge in [0.2, 0.25) is 0 Å². The Morgan fingerprint density at radius 3 is 1.56 bits per heavy atom. The second-order valence-electron chi connectivity index (χ2n) is 30.9. The molecule has 15 rings (SSSR count). The van der Waals surface area contributed by atoms with Crippen LogP contribution in [0.5, 0.6) is 0 Å². The van der Waals surface area contributed by atoms with E-state index in [1.54, 1.807) is 0 Å². The lowest BCUT2D eigenvalue weighted by Crippen LogP contribution is -2.61. The highest BCUT2D eigenvalue weighted by Crippen LogP contribution is 2.56. The topological polar surface area (TPSA) is 22.9 Å². The zero-order chi connectivity index (χ0) is 58.6. The minimum absolute atomic E-state index is 0.00575. The Balaban J connectivity index is 1.10. The van der Waals surface area contributed by atoms with Crippen LogP contribution in [0.2, 0.25) is 0 Å². The summed E-state index contributed by atoms with van der Waals surface area (Å²) in [5.74, 6) is 0. The summed E-state index contributed by atoms with van der Waals surface area (Å²) >= 11 is 1.89. The molecule has 6 heteroatoms. The normalized spacial score (nSPS) is 19.1. The van der Waals surface area contributed by atoms with Gasteiger partial charge in [-0.1, -0.05) is 171 Å². The summed E-state index contributed by atoms with van der Waals surface area (Å²) in [7, 11) is 0. The summed E-state index contributed by atoms with van der Waals surface area (Å²) in [6.45, 7) is 36.4. The molecule has 8 aromatic carbocycles. The maximum atomic E-state index is 7.87. The van der Waals surface area contributed by atoms with Crippen LogP contribution in [0, 0.1) is 0 Å². The molecule has 0 amide bonds. The van der Waals surface area contributed by atoms with Crippen molar-refractivity contribution in [2.75, 3.05) is 14.7 Å². The van der Waals surface area contributed by atoms with Crippen molar-refractivity contribution in [2.45, 2.75) is 180 Å². The number of hydrogen-bond acceptors (Lipinski definition) is 5. The quantitative estimate of drug-likeness (QED) is 0.160. The average Bonchev–Trinajstić information content (AvgIpc) is 1.42. The first kappa shape index (κ1) is 53.7. The molecule has 10 aromatic rings. The maximum Gasteiger partial charge on any atom is 0.297 e. The fourth-order valence-electron chi connectivity index (χ4n) is 16.0. The minimum atomic E-state index is -0.213. The molecule has 0 unspecified atom stereocenters. The van der Waals surface area contributed by atoms with Crippen molar-refractivity contribution in [3.8, 4) is 0 Å². The van der Waals surface area contributed by atoms with Crippen molar-refractivity contribution >= 4 is 117 Å². The van der Waals surface area contributed by atoms with Crippen LogP contribution in [0.1, 0.15) is 181 Å². The second kappa shape index (κ2) is 17.8. The van der Waals surface area contributed by atoms with E-state index in [-0.39, 0.29) is 44.6 Å². The Morgan fingerprint density at radius 2 is 0.952 bits per heavy atom. The number of anilines is 9. The Bertz CT molecular complexity index is 4410. The molecule has 5 aliphatic rings. The molecule has 4 nitrogen and oxygen atoms in total. The minimum Gasteiger partial charge on any atom is -0.468 e. The molecular weight excluding hydrogens is 1040 g/mol. The Kier molecular flexibility index (Phi) is 11.4. The SMILES string of the molecule is CC(C)(C)c1ccc2c(c1)B1c3oc4cc5c(cc4c3N(c3ccc4c(c3)C(C)(C)CCC4(C)C)c3cc(N(c4ccccc4)c4ccc6c(c4)sc4ccccc46)cc(c31)N2c1ccc2c(c1)C(C)(C)CCC2(C)C)C(C)(C)CCC5(C)C. The monoisotopic (exact) mass is 1120 g/mol. The number of thiophene rings is 1. The molecule has 3 aliphatic carbocycles. The third-order valence-electron chi connectivity index (χ3n) is 21.6. The zero-order valence-corrected chi connectivity index (χ0v) is 53.2. The van der Waals surface area contributed by atoms with Crippen LogP contribution in [-0.4, -0.2) is 6.71 Å². The molecule has 0 atom stereocenters. The smallest absolute Gasteiger partial charge is 0.297 e. The molecular formula is C78H82BN3OS. The predicted octanol–water partition coefficient (Wildman–Crippen LogP) is 20.7. The number of para-hydroxylation sites is 1. The highest BCUT2D eigenvalue weighted by molar-refractivity contribution is 7.25. The van der Waals surface area contributed by atoms with Crippen molar-refractivity contribution in [3.05, 3.63) is 191 Å². The van der Waals surface area contributed by atoms with E-state index >= 15 is 0 Å². The van der Waals surface area contributed by atoms with E-state index in [2.05, 4.69) is 270 Å². The molecule has 2 aliphatic heterocycles. The first-order chi connectivity index (χ1) is 39.7. The van der Waals surface area contributed by atoms with Gasteiger partial charge in [0.05, 0.1) is 17.0 Å². The summed E-state index contributed by atoms with van der Waals surface area (Å²) in [5, 5.41) is 3.79. The molecule has 84 heavy (non-hydrogen) atoms. The van der Waals surface area contributed by atoms with Crippen molar-refractivity contribution in [2.24, 2.45) is 0 Å². The lowest BCUT2D eigenvalue weighted by molar-refractivity contribution is 0.332. The van der Waals surface area contributed by atoms with Crippen molar-refractivity contribution < 1.29 is 4.42 Å². The summed E-state index contributed by atoms with van der Waals surface area (Å²) in [4.78, 5) is 7.87. The van der Waals surface area contributed by atoms with E-state index in [1.165, 1.54) is 110 Å². The molecule has 0 saturated heterocycles. The van der Waals surface area contributed by atoms with Gasteiger partial charge in [0.15, 0.2) is 0 Å². The van der Waals surface area contributed by atoms with Crippen LogP contribution in [-0.2, 0) is 37.9 Å². The second-order valence-corrected chi connectivity index (χ2v) is 32.0. The standard InChI is InChI=1S/C78H82BN3OS/c1-72(2,3)47-25-32-63-62(39-47)79-69-64(81(63)49-27-30-56-58(40-49)75(8,9)35-33-73(56,4)5)42-52(80(48-21-17-16-18-22-48)51-26-29-54-53-23-19-20-24-67(53)84-68(54)44-51)43-65(69)82(50-28-31-57-59(41-50)76(10,11)36-34-74(57,6)7)70-55-45-60-61(46-66(55)83-71(70)79)78(14,15)38-37-77(60,12)13/h16-32,39-46H,33-38H2,1-15H3. The highest BCUT2D eigenvalue weighted by atomic mass is 32.1. The van der Waals surface area contributed by atoms with Gasteiger partial charge in [-0.15, -0.1) is 11.3 Å². The molecule has 0 bridgehead atoms. The van der Waals surface area contributed by atoms with Crippen LogP contribution >= 0.6 is 11.3 Å². The van der Waals surface area contributed by atoms with Gasteiger partial charge in [0, 0.05) is 65.4 Å². The zero-order valence-electron chi connectivity index (χ0n) is 52.4. The average molecular weight is 1120 g/mol. The van der Waals surface area contributed by atoms with Crippen molar-refractivity contribution in [1.82, 2.24) is 0 Å². The van der Waals surface area contributed by atoms with Gasteiger partial charge in [-0.05, 0) is 211 Å². The fourth-order valence-corrected chi connectivity index (χ4v) is 17.1. The molecule has 0 N–H and O–H groups in total. The van der Waals surface area contributed by atoms with Gasteiger partial charge in [0.1, 0.15) is 5.58 Å². The summed E-state index contributed by atoms with van der Waals surface area (Å²) in [5.41, 5.74) is 25.0. The predicted molar refractivity (Wildman–Crippen MR) is 362 cm³/mol. The Morgan fingerprint density at radius 1 is 0.429 bits per heavy atom. The molecule has 0 saturated carbocycles. The van der Waals surface area contributed by atoms with E-state index in [9.17, 15) is 0 Å². The third-order valence-corrected chi connectivity index (χ3v) is 22.7.